The quantitative estimate of drug-likeness (QED) is 0.760. The first-order valence-corrected chi connectivity index (χ1v) is 5.33. The Labute approximate surface area is 99.4 Å². The van der Waals surface area contributed by atoms with Gasteiger partial charge in [0.1, 0.15) is 11.9 Å². The monoisotopic (exact) mass is 240 g/mol. The van der Waals surface area contributed by atoms with Crippen LogP contribution in [0.1, 0.15) is 30.6 Å². The molecular weight excluding hydrogens is 228 g/mol. The molecule has 1 atom stereocenters. The first kappa shape index (κ1) is 12.7. The third-order valence-corrected chi connectivity index (χ3v) is 2.22. The van der Waals surface area contributed by atoms with Gasteiger partial charge in [-0.3, -0.25) is 4.79 Å². The minimum Gasteiger partial charge on any atom is -0.459 e. The molecule has 1 rings (SSSR count). The van der Waals surface area contributed by atoms with Crippen molar-refractivity contribution in [3.8, 4) is 0 Å². The van der Waals surface area contributed by atoms with E-state index in [4.69, 9.17) is 16.3 Å². The van der Waals surface area contributed by atoms with Crippen molar-refractivity contribution < 1.29 is 14.3 Å². The van der Waals surface area contributed by atoms with Crippen LogP contribution in [0.2, 0.25) is 5.02 Å². The zero-order chi connectivity index (χ0) is 12.1. The van der Waals surface area contributed by atoms with Crippen LogP contribution >= 0.6 is 11.6 Å². The zero-order valence-corrected chi connectivity index (χ0v) is 9.95. The van der Waals surface area contributed by atoms with E-state index in [2.05, 4.69) is 0 Å². The summed E-state index contributed by atoms with van der Waals surface area (Å²) in [6, 6.07) is 6.41. The summed E-state index contributed by atoms with van der Waals surface area (Å²) in [6.07, 6.45) is -0.167. The fourth-order valence-electron chi connectivity index (χ4n) is 1.28. The summed E-state index contributed by atoms with van der Waals surface area (Å²) in [6.45, 7) is 3.15. The highest BCUT2D eigenvalue weighted by Crippen LogP contribution is 2.11. The Bertz CT molecular complexity index is 384. The lowest BCUT2D eigenvalue weighted by Crippen LogP contribution is -2.17. The molecule has 16 heavy (non-hydrogen) atoms. The normalized spacial score (nSPS) is 11.9. The largest absolute Gasteiger partial charge is 0.459 e. The number of rotatable bonds is 4. The maximum Gasteiger partial charge on any atom is 0.338 e. The summed E-state index contributed by atoms with van der Waals surface area (Å²) in [5.74, 6) is -0.443. The number of hydrogen-bond donors (Lipinski definition) is 0. The lowest BCUT2D eigenvalue weighted by Gasteiger charge is -2.11. The van der Waals surface area contributed by atoms with Crippen molar-refractivity contribution in [1.82, 2.24) is 0 Å². The van der Waals surface area contributed by atoms with Crippen molar-refractivity contribution in [2.75, 3.05) is 0 Å². The van der Waals surface area contributed by atoms with E-state index in [-0.39, 0.29) is 12.2 Å². The van der Waals surface area contributed by atoms with Gasteiger partial charge in [0.2, 0.25) is 0 Å². The lowest BCUT2D eigenvalue weighted by molar-refractivity contribution is -0.118. The molecule has 1 aromatic carbocycles. The number of ether oxygens (including phenoxy) is 1. The molecular formula is C12H13ClO3. The van der Waals surface area contributed by atoms with E-state index in [0.717, 1.165) is 0 Å². The summed E-state index contributed by atoms with van der Waals surface area (Å²) in [4.78, 5) is 22.4. The second-order valence-electron chi connectivity index (χ2n) is 3.63. The molecule has 4 heteroatoms. The molecule has 0 fully saturated rings. The van der Waals surface area contributed by atoms with Gasteiger partial charge >= 0.3 is 5.97 Å². The Morgan fingerprint density at radius 3 is 2.38 bits per heavy atom. The molecule has 0 N–H and O–H groups in total. The van der Waals surface area contributed by atoms with E-state index in [1.54, 1.807) is 31.2 Å². The average molecular weight is 241 g/mol. The summed E-state index contributed by atoms with van der Waals surface area (Å²) in [7, 11) is 0. The summed E-state index contributed by atoms with van der Waals surface area (Å²) < 4.78 is 5.08. The highest BCUT2D eigenvalue weighted by Gasteiger charge is 2.13. The number of halogens is 1. The molecule has 0 aromatic heterocycles. The lowest BCUT2D eigenvalue weighted by atomic mass is 10.2. The van der Waals surface area contributed by atoms with Crippen molar-refractivity contribution in [3.63, 3.8) is 0 Å². The van der Waals surface area contributed by atoms with Crippen LogP contribution in [-0.2, 0) is 9.53 Å². The van der Waals surface area contributed by atoms with E-state index in [1.807, 2.05) is 0 Å². The summed E-state index contributed by atoms with van der Waals surface area (Å²) >= 11 is 5.69. The highest BCUT2D eigenvalue weighted by molar-refractivity contribution is 6.30. The first-order chi connectivity index (χ1) is 7.49. The van der Waals surface area contributed by atoms with Gasteiger partial charge in [-0.05, 0) is 38.1 Å². The summed E-state index contributed by atoms with van der Waals surface area (Å²) in [5.41, 5.74) is 0.430. The van der Waals surface area contributed by atoms with Gasteiger partial charge in [0.25, 0.3) is 0 Å². The van der Waals surface area contributed by atoms with Crippen LogP contribution in [0.5, 0.6) is 0 Å². The molecule has 0 aliphatic heterocycles. The fraction of sp³-hybridized carbons (Fsp3) is 0.333. The van der Waals surface area contributed by atoms with Gasteiger partial charge < -0.3 is 4.74 Å². The second-order valence-corrected chi connectivity index (χ2v) is 4.07. The van der Waals surface area contributed by atoms with Crippen molar-refractivity contribution in [3.05, 3.63) is 34.9 Å². The predicted molar refractivity (Wildman–Crippen MR) is 61.6 cm³/mol. The van der Waals surface area contributed by atoms with Crippen molar-refractivity contribution in [2.24, 2.45) is 0 Å². The highest BCUT2D eigenvalue weighted by atomic mass is 35.5. The van der Waals surface area contributed by atoms with Crippen LogP contribution in [0.3, 0.4) is 0 Å². The molecule has 0 saturated heterocycles. The Balaban J connectivity index is 2.58. The maximum atomic E-state index is 11.6. The predicted octanol–water partition coefficient (Wildman–Crippen LogP) is 2.86. The molecule has 0 aliphatic carbocycles. The zero-order valence-electron chi connectivity index (χ0n) is 9.20. The van der Waals surface area contributed by atoms with Gasteiger partial charge in [-0.1, -0.05) is 11.6 Å². The number of carbonyl (C=O) groups is 2. The topological polar surface area (TPSA) is 43.4 Å². The van der Waals surface area contributed by atoms with Gasteiger partial charge in [-0.15, -0.1) is 0 Å². The van der Waals surface area contributed by atoms with Crippen LogP contribution < -0.4 is 0 Å². The van der Waals surface area contributed by atoms with Gasteiger partial charge in [0, 0.05) is 11.4 Å². The maximum absolute atomic E-state index is 11.6. The SMILES string of the molecule is CC(=O)CC(C)OC(=O)c1ccc(Cl)cc1. The smallest absolute Gasteiger partial charge is 0.338 e. The molecule has 1 aromatic rings. The molecule has 0 spiro atoms. The van der Waals surface area contributed by atoms with Crippen LogP contribution in [-0.4, -0.2) is 17.9 Å². The van der Waals surface area contributed by atoms with Gasteiger partial charge in [-0.2, -0.15) is 0 Å². The molecule has 0 radical (unpaired) electrons. The fourth-order valence-corrected chi connectivity index (χ4v) is 1.41. The van der Waals surface area contributed by atoms with E-state index in [0.29, 0.717) is 10.6 Å². The first-order valence-electron chi connectivity index (χ1n) is 4.95. The number of carbonyl (C=O) groups excluding carboxylic acids is 2. The average Bonchev–Trinajstić information content (AvgIpc) is 2.16. The van der Waals surface area contributed by atoms with Crippen LogP contribution in [0.15, 0.2) is 24.3 Å². The number of Topliss-reactive ketones (excluding diaryl/α,β-unsaturated/α-hetero) is 1. The molecule has 0 heterocycles. The number of ketones is 1. The molecule has 86 valence electrons. The molecule has 0 amide bonds. The minimum absolute atomic E-state index is 0.00333. The molecule has 0 aliphatic rings. The van der Waals surface area contributed by atoms with E-state index in [1.165, 1.54) is 6.92 Å². The van der Waals surface area contributed by atoms with Crippen molar-refractivity contribution >= 4 is 23.4 Å². The van der Waals surface area contributed by atoms with E-state index >= 15 is 0 Å². The van der Waals surface area contributed by atoms with Crippen LogP contribution in [0.25, 0.3) is 0 Å². The molecule has 3 nitrogen and oxygen atoms in total. The standard InChI is InChI=1S/C12H13ClO3/c1-8(14)7-9(2)16-12(15)10-3-5-11(13)6-4-10/h3-6,9H,7H2,1-2H3. The van der Waals surface area contributed by atoms with Crippen LogP contribution in [0.4, 0.5) is 0 Å². The Hall–Kier alpha value is -1.35. The third kappa shape index (κ3) is 4.03. The number of hydrogen-bond acceptors (Lipinski definition) is 3. The second kappa shape index (κ2) is 5.66. The molecule has 1 unspecified atom stereocenters. The summed E-state index contributed by atoms with van der Waals surface area (Å²) in [5, 5.41) is 0.563. The van der Waals surface area contributed by atoms with Gasteiger partial charge in [0.15, 0.2) is 0 Å². The Morgan fingerprint density at radius 1 is 1.31 bits per heavy atom. The van der Waals surface area contributed by atoms with E-state index in [9.17, 15) is 9.59 Å². The molecule has 0 bridgehead atoms. The third-order valence-electron chi connectivity index (χ3n) is 1.96. The Morgan fingerprint density at radius 2 is 1.88 bits per heavy atom. The number of esters is 1. The van der Waals surface area contributed by atoms with E-state index < -0.39 is 12.1 Å². The van der Waals surface area contributed by atoms with Gasteiger partial charge in [0.05, 0.1) is 5.56 Å². The molecule has 0 saturated carbocycles. The Kier molecular flexibility index (Phi) is 4.50. The minimum atomic E-state index is -0.439. The van der Waals surface area contributed by atoms with Gasteiger partial charge in [-0.25, -0.2) is 4.79 Å². The van der Waals surface area contributed by atoms with Crippen molar-refractivity contribution in [1.29, 1.82) is 0 Å². The van der Waals surface area contributed by atoms with Crippen molar-refractivity contribution in [2.45, 2.75) is 26.4 Å². The van der Waals surface area contributed by atoms with Crippen LogP contribution in [0, 0.1) is 0 Å². The number of benzene rings is 1.